The van der Waals surface area contributed by atoms with Crippen molar-refractivity contribution in [3.8, 4) is 11.5 Å². The maximum Gasteiger partial charge on any atom is 0.321 e. The lowest BCUT2D eigenvalue weighted by atomic mass is 10.1. The SMILES string of the molecule is CCOc1ccc(C(=O)Nc2ccc(N3CCNC3=O)cc2)cc1OC. The number of hydrogen-bond acceptors (Lipinski definition) is 4. The Morgan fingerprint density at radius 3 is 2.58 bits per heavy atom. The molecule has 3 amide bonds. The largest absolute Gasteiger partial charge is 0.493 e. The molecular formula is C19H21N3O4. The molecule has 1 aliphatic rings. The fourth-order valence-electron chi connectivity index (χ4n) is 2.73. The van der Waals surface area contributed by atoms with E-state index < -0.39 is 0 Å². The highest BCUT2D eigenvalue weighted by molar-refractivity contribution is 6.05. The molecule has 1 saturated heterocycles. The lowest BCUT2D eigenvalue weighted by Gasteiger charge is -2.15. The molecule has 1 fully saturated rings. The Hall–Kier alpha value is -3.22. The van der Waals surface area contributed by atoms with Gasteiger partial charge in [-0.15, -0.1) is 0 Å². The number of amides is 3. The summed E-state index contributed by atoms with van der Waals surface area (Å²) in [5.74, 6) is 0.854. The number of hydrogen-bond donors (Lipinski definition) is 2. The molecule has 3 rings (SSSR count). The molecule has 1 aliphatic heterocycles. The lowest BCUT2D eigenvalue weighted by molar-refractivity contribution is 0.102. The third-order valence-electron chi connectivity index (χ3n) is 4.02. The molecule has 0 radical (unpaired) electrons. The summed E-state index contributed by atoms with van der Waals surface area (Å²) >= 11 is 0. The summed E-state index contributed by atoms with van der Waals surface area (Å²) in [4.78, 5) is 25.8. The van der Waals surface area contributed by atoms with Crippen molar-refractivity contribution in [2.24, 2.45) is 0 Å². The van der Waals surface area contributed by atoms with Crippen LogP contribution in [0.4, 0.5) is 16.2 Å². The maximum absolute atomic E-state index is 12.5. The second-order valence-electron chi connectivity index (χ2n) is 5.68. The van der Waals surface area contributed by atoms with Crippen molar-refractivity contribution in [3.05, 3.63) is 48.0 Å². The van der Waals surface area contributed by atoms with Crippen LogP contribution < -0.4 is 25.0 Å². The molecular weight excluding hydrogens is 334 g/mol. The van der Waals surface area contributed by atoms with Gasteiger partial charge < -0.3 is 20.1 Å². The van der Waals surface area contributed by atoms with Crippen LogP contribution >= 0.6 is 0 Å². The molecule has 0 saturated carbocycles. The van der Waals surface area contributed by atoms with Crippen molar-refractivity contribution >= 4 is 23.3 Å². The van der Waals surface area contributed by atoms with Crippen LogP contribution in [0, 0.1) is 0 Å². The van der Waals surface area contributed by atoms with E-state index in [1.807, 2.05) is 6.92 Å². The van der Waals surface area contributed by atoms with Crippen molar-refractivity contribution in [1.29, 1.82) is 0 Å². The molecule has 0 aromatic heterocycles. The monoisotopic (exact) mass is 355 g/mol. The summed E-state index contributed by atoms with van der Waals surface area (Å²) in [6.07, 6.45) is 0. The smallest absolute Gasteiger partial charge is 0.321 e. The van der Waals surface area contributed by atoms with Gasteiger partial charge in [-0.05, 0) is 49.4 Å². The Balaban J connectivity index is 1.70. The number of nitrogens with zero attached hydrogens (tertiary/aromatic N) is 1. The topological polar surface area (TPSA) is 79.9 Å². The molecule has 0 atom stereocenters. The molecule has 7 heteroatoms. The van der Waals surface area contributed by atoms with Crippen molar-refractivity contribution in [2.75, 3.05) is 37.0 Å². The minimum Gasteiger partial charge on any atom is -0.493 e. The van der Waals surface area contributed by atoms with Crippen LogP contribution in [-0.4, -0.2) is 38.7 Å². The maximum atomic E-state index is 12.5. The number of urea groups is 1. The first kappa shape index (κ1) is 17.6. The molecule has 136 valence electrons. The van der Waals surface area contributed by atoms with Gasteiger partial charge in [0.15, 0.2) is 11.5 Å². The van der Waals surface area contributed by atoms with Gasteiger partial charge in [0, 0.05) is 30.0 Å². The van der Waals surface area contributed by atoms with E-state index in [2.05, 4.69) is 10.6 Å². The molecule has 0 spiro atoms. The van der Waals surface area contributed by atoms with Crippen LogP contribution in [0.25, 0.3) is 0 Å². The average molecular weight is 355 g/mol. The first-order chi connectivity index (χ1) is 12.6. The fraction of sp³-hybridized carbons (Fsp3) is 0.263. The summed E-state index contributed by atoms with van der Waals surface area (Å²) in [7, 11) is 1.53. The number of anilines is 2. The van der Waals surface area contributed by atoms with E-state index in [1.165, 1.54) is 7.11 Å². The minimum atomic E-state index is -0.252. The van der Waals surface area contributed by atoms with Gasteiger partial charge in [-0.2, -0.15) is 0 Å². The van der Waals surface area contributed by atoms with Gasteiger partial charge in [0.05, 0.1) is 13.7 Å². The number of methoxy groups -OCH3 is 1. The molecule has 0 aliphatic carbocycles. The number of rotatable bonds is 6. The Kier molecular flexibility index (Phi) is 5.26. The molecule has 0 unspecified atom stereocenters. The highest BCUT2D eigenvalue weighted by atomic mass is 16.5. The van der Waals surface area contributed by atoms with Crippen molar-refractivity contribution in [1.82, 2.24) is 5.32 Å². The molecule has 2 N–H and O–H groups in total. The fourth-order valence-corrected chi connectivity index (χ4v) is 2.73. The first-order valence-corrected chi connectivity index (χ1v) is 8.40. The van der Waals surface area contributed by atoms with E-state index in [9.17, 15) is 9.59 Å². The average Bonchev–Trinajstić information content (AvgIpc) is 3.09. The second kappa shape index (κ2) is 7.77. The van der Waals surface area contributed by atoms with E-state index in [-0.39, 0.29) is 11.9 Å². The van der Waals surface area contributed by atoms with Crippen molar-refractivity contribution in [3.63, 3.8) is 0 Å². The second-order valence-corrected chi connectivity index (χ2v) is 5.68. The zero-order chi connectivity index (χ0) is 18.5. The van der Waals surface area contributed by atoms with Crippen molar-refractivity contribution < 1.29 is 19.1 Å². The van der Waals surface area contributed by atoms with E-state index in [0.29, 0.717) is 42.4 Å². The number of carbonyl (C=O) groups excluding carboxylic acids is 2. The minimum absolute atomic E-state index is 0.108. The van der Waals surface area contributed by atoms with Crippen LogP contribution in [0.15, 0.2) is 42.5 Å². The van der Waals surface area contributed by atoms with Crippen LogP contribution in [0.1, 0.15) is 17.3 Å². The Labute approximate surface area is 151 Å². The van der Waals surface area contributed by atoms with Gasteiger partial charge in [0.2, 0.25) is 0 Å². The molecule has 26 heavy (non-hydrogen) atoms. The number of benzene rings is 2. The molecule has 2 aromatic carbocycles. The zero-order valence-corrected chi connectivity index (χ0v) is 14.7. The highest BCUT2D eigenvalue weighted by Crippen LogP contribution is 2.28. The molecule has 0 bridgehead atoms. The van der Waals surface area contributed by atoms with E-state index >= 15 is 0 Å². The third kappa shape index (κ3) is 3.72. The number of ether oxygens (including phenoxy) is 2. The Morgan fingerprint density at radius 2 is 1.96 bits per heavy atom. The Bertz CT molecular complexity index is 805. The number of carbonyl (C=O) groups is 2. The van der Waals surface area contributed by atoms with Crippen LogP contribution in [0.3, 0.4) is 0 Å². The number of nitrogens with one attached hydrogen (secondary N) is 2. The molecule has 7 nitrogen and oxygen atoms in total. The van der Waals surface area contributed by atoms with Crippen molar-refractivity contribution in [2.45, 2.75) is 6.92 Å². The van der Waals surface area contributed by atoms with Gasteiger partial charge in [-0.3, -0.25) is 9.69 Å². The van der Waals surface area contributed by atoms with E-state index in [4.69, 9.17) is 9.47 Å². The quantitative estimate of drug-likeness (QED) is 0.835. The van der Waals surface area contributed by atoms with Gasteiger partial charge in [0.25, 0.3) is 5.91 Å². The van der Waals surface area contributed by atoms with Gasteiger partial charge >= 0.3 is 6.03 Å². The Morgan fingerprint density at radius 1 is 1.19 bits per heavy atom. The van der Waals surface area contributed by atoms with Gasteiger partial charge in [0.1, 0.15) is 0 Å². The molecule has 1 heterocycles. The van der Waals surface area contributed by atoms with E-state index in [0.717, 1.165) is 5.69 Å². The third-order valence-corrected chi connectivity index (χ3v) is 4.02. The standard InChI is InChI=1S/C19H21N3O4/c1-3-26-16-9-4-13(12-17(16)25-2)18(23)21-14-5-7-15(8-6-14)22-11-10-20-19(22)24/h4-9,12H,3,10-11H2,1-2H3,(H,20,24)(H,21,23). The van der Waals surface area contributed by atoms with Crippen LogP contribution in [-0.2, 0) is 0 Å². The predicted molar refractivity (Wildman–Crippen MR) is 99.3 cm³/mol. The summed E-state index contributed by atoms with van der Waals surface area (Å²) in [6.45, 7) is 3.67. The molecule has 2 aromatic rings. The van der Waals surface area contributed by atoms with Gasteiger partial charge in [-0.1, -0.05) is 0 Å². The van der Waals surface area contributed by atoms with E-state index in [1.54, 1.807) is 47.4 Å². The van der Waals surface area contributed by atoms with Crippen LogP contribution in [0.2, 0.25) is 0 Å². The highest BCUT2D eigenvalue weighted by Gasteiger charge is 2.20. The summed E-state index contributed by atoms with van der Waals surface area (Å²) in [5.41, 5.74) is 1.90. The predicted octanol–water partition coefficient (Wildman–Crippen LogP) is 2.88. The summed E-state index contributed by atoms with van der Waals surface area (Å²) in [6, 6.07) is 12.1. The summed E-state index contributed by atoms with van der Waals surface area (Å²) < 4.78 is 10.7. The zero-order valence-electron chi connectivity index (χ0n) is 14.7. The lowest BCUT2D eigenvalue weighted by Crippen LogP contribution is -2.27. The van der Waals surface area contributed by atoms with Gasteiger partial charge in [-0.25, -0.2) is 4.79 Å². The first-order valence-electron chi connectivity index (χ1n) is 8.40. The normalized spacial score (nSPS) is 13.3. The summed E-state index contributed by atoms with van der Waals surface area (Å²) in [5, 5.41) is 5.59. The van der Waals surface area contributed by atoms with Crippen LogP contribution in [0.5, 0.6) is 11.5 Å².